The fourth-order valence-electron chi connectivity index (χ4n) is 1.52. The van der Waals surface area contributed by atoms with Gasteiger partial charge in [0.1, 0.15) is 0 Å². The van der Waals surface area contributed by atoms with E-state index in [9.17, 15) is 4.79 Å². The number of hydrogen-bond acceptors (Lipinski definition) is 6. The van der Waals surface area contributed by atoms with Gasteiger partial charge in [0.05, 0.1) is 17.8 Å². The Morgan fingerprint density at radius 3 is 2.84 bits per heavy atom. The molecule has 0 bridgehead atoms. The van der Waals surface area contributed by atoms with Crippen molar-refractivity contribution in [2.75, 3.05) is 6.61 Å². The molecule has 100 valence electrons. The number of rotatable bonds is 5. The average Bonchev–Trinajstić information content (AvgIpc) is 2.74. The first-order valence-corrected chi connectivity index (χ1v) is 6.55. The van der Waals surface area contributed by atoms with Crippen LogP contribution in [0.4, 0.5) is 0 Å². The van der Waals surface area contributed by atoms with E-state index in [0.717, 1.165) is 10.6 Å². The molecule has 6 nitrogen and oxygen atoms in total. The highest BCUT2D eigenvalue weighted by Gasteiger charge is 2.10. The maximum atomic E-state index is 10.9. The Balaban J connectivity index is 2.00. The van der Waals surface area contributed by atoms with Crippen LogP contribution in [0.25, 0.3) is 0 Å². The van der Waals surface area contributed by atoms with Gasteiger partial charge >= 0.3 is 12.0 Å². The summed E-state index contributed by atoms with van der Waals surface area (Å²) < 4.78 is 5.40. The summed E-state index contributed by atoms with van der Waals surface area (Å²) in [7, 11) is 0. The monoisotopic (exact) mass is 279 g/mol. The van der Waals surface area contributed by atoms with Crippen LogP contribution in [0.15, 0.2) is 11.6 Å². The van der Waals surface area contributed by atoms with Gasteiger partial charge in [-0.05, 0) is 19.9 Å². The molecule has 0 radical (unpaired) electrons. The second kappa shape index (κ2) is 5.75. The summed E-state index contributed by atoms with van der Waals surface area (Å²) in [6, 6.07) is 1.50. The van der Waals surface area contributed by atoms with Crippen LogP contribution >= 0.6 is 11.3 Å². The van der Waals surface area contributed by atoms with Gasteiger partial charge in [-0.15, -0.1) is 11.3 Å². The number of nitrogens with zero attached hydrogens (tertiary/aromatic N) is 3. The van der Waals surface area contributed by atoms with Crippen LogP contribution in [0.1, 0.15) is 26.8 Å². The molecule has 0 atom stereocenters. The Hall–Kier alpha value is -2.02. The molecule has 0 spiro atoms. The zero-order valence-corrected chi connectivity index (χ0v) is 11.4. The fraction of sp³-hybridized carbons (Fsp3) is 0.333. The van der Waals surface area contributed by atoms with Crippen LogP contribution < -0.4 is 4.74 Å². The molecule has 0 saturated carbocycles. The van der Waals surface area contributed by atoms with Gasteiger partial charge in [0.25, 0.3) is 0 Å². The first-order chi connectivity index (χ1) is 9.06. The number of aryl methyl sites for hydroxylation is 2. The topological polar surface area (TPSA) is 85.2 Å². The molecule has 2 aromatic rings. The van der Waals surface area contributed by atoms with Gasteiger partial charge < -0.3 is 9.84 Å². The van der Waals surface area contributed by atoms with Crippen molar-refractivity contribution in [2.24, 2.45) is 0 Å². The number of carboxylic acids is 1. The van der Waals surface area contributed by atoms with E-state index in [4.69, 9.17) is 9.84 Å². The van der Waals surface area contributed by atoms with Gasteiger partial charge in [-0.25, -0.2) is 14.8 Å². The normalized spacial score (nSPS) is 10.4. The molecule has 0 amide bonds. The zero-order valence-electron chi connectivity index (χ0n) is 10.6. The molecule has 0 aliphatic carbocycles. The van der Waals surface area contributed by atoms with Crippen molar-refractivity contribution in [3.63, 3.8) is 0 Å². The van der Waals surface area contributed by atoms with E-state index >= 15 is 0 Å². The Morgan fingerprint density at radius 1 is 1.42 bits per heavy atom. The van der Waals surface area contributed by atoms with Crippen LogP contribution in [0.3, 0.4) is 0 Å². The van der Waals surface area contributed by atoms with Gasteiger partial charge in [0, 0.05) is 17.0 Å². The van der Waals surface area contributed by atoms with Gasteiger partial charge in [0.15, 0.2) is 5.69 Å². The van der Waals surface area contributed by atoms with E-state index in [-0.39, 0.29) is 11.7 Å². The van der Waals surface area contributed by atoms with Gasteiger partial charge in [0.2, 0.25) is 0 Å². The van der Waals surface area contributed by atoms with Crippen LogP contribution in [0.5, 0.6) is 6.01 Å². The second-order valence-corrected chi connectivity index (χ2v) is 4.88. The quantitative estimate of drug-likeness (QED) is 0.899. The minimum absolute atomic E-state index is 0.0588. The highest BCUT2D eigenvalue weighted by molar-refractivity contribution is 7.09. The lowest BCUT2D eigenvalue weighted by atomic mass is 10.3. The SMILES string of the molecule is Cc1cc(C(=O)O)nc(OCCc2scnc2C)n1. The molecule has 19 heavy (non-hydrogen) atoms. The average molecular weight is 279 g/mol. The summed E-state index contributed by atoms with van der Waals surface area (Å²) in [4.78, 5) is 24.0. The molecule has 0 aromatic carbocycles. The van der Waals surface area contributed by atoms with Crippen molar-refractivity contribution in [2.45, 2.75) is 20.3 Å². The molecule has 1 N–H and O–H groups in total. The van der Waals surface area contributed by atoms with E-state index in [1.54, 1.807) is 23.8 Å². The maximum Gasteiger partial charge on any atom is 0.354 e. The molecule has 2 heterocycles. The largest absolute Gasteiger partial charge is 0.477 e. The summed E-state index contributed by atoms with van der Waals surface area (Å²) in [6.07, 6.45) is 0.705. The lowest BCUT2D eigenvalue weighted by Gasteiger charge is -2.05. The van der Waals surface area contributed by atoms with E-state index in [2.05, 4.69) is 15.0 Å². The number of aromatic carboxylic acids is 1. The summed E-state index contributed by atoms with van der Waals surface area (Å²) >= 11 is 1.57. The third-order valence-electron chi connectivity index (χ3n) is 2.46. The third-order valence-corrected chi connectivity index (χ3v) is 3.45. The Labute approximate surface area is 114 Å². The molecule has 0 aliphatic heterocycles. The zero-order chi connectivity index (χ0) is 13.8. The Bertz CT molecular complexity index is 598. The number of carboxylic acid groups (broad SMARTS) is 1. The van der Waals surface area contributed by atoms with Crippen LogP contribution in [-0.2, 0) is 6.42 Å². The summed E-state index contributed by atoms with van der Waals surface area (Å²) in [6.45, 7) is 4.04. The summed E-state index contributed by atoms with van der Waals surface area (Å²) in [5.74, 6) is -1.09. The van der Waals surface area contributed by atoms with Crippen molar-refractivity contribution in [1.82, 2.24) is 15.0 Å². The van der Waals surface area contributed by atoms with Gasteiger partial charge in [-0.2, -0.15) is 4.98 Å². The van der Waals surface area contributed by atoms with Crippen LogP contribution in [-0.4, -0.2) is 32.6 Å². The number of thiazole rings is 1. The second-order valence-electron chi connectivity index (χ2n) is 3.94. The Kier molecular flexibility index (Phi) is 4.06. The number of ether oxygens (including phenoxy) is 1. The van der Waals surface area contributed by atoms with Crippen molar-refractivity contribution < 1.29 is 14.6 Å². The highest BCUT2D eigenvalue weighted by atomic mass is 32.1. The van der Waals surface area contributed by atoms with E-state index < -0.39 is 5.97 Å². The lowest BCUT2D eigenvalue weighted by Crippen LogP contribution is -2.08. The predicted octanol–water partition coefficient (Wildman–Crippen LogP) is 1.87. The van der Waals surface area contributed by atoms with Crippen LogP contribution in [0, 0.1) is 13.8 Å². The first kappa shape index (κ1) is 13.4. The first-order valence-electron chi connectivity index (χ1n) is 5.67. The molecular formula is C12H13N3O3S. The third kappa shape index (κ3) is 3.47. The smallest absolute Gasteiger partial charge is 0.354 e. The number of hydrogen-bond donors (Lipinski definition) is 1. The Morgan fingerprint density at radius 2 is 2.21 bits per heavy atom. The predicted molar refractivity (Wildman–Crippen MR) is 69.8 cm³/mol. The molecule has 0 fully saturated rings. The van der Waals surface area contributed by atoms with E-state index in [0.29, 0.717) is 18.7 Å². The molecule has 2 aromatic heterocycles. The van der Waals surface area contributed by atoms with E-state index in [1.807, 2.05) is 6.92 Å². The molecule has 0 saturated heterocycles. The molecule has 7 heteroatoms. The van der Waals surface area contributed by atoms with Crippen LogP contribution in [0.2, 0.25) is 0 Å². The van der Waals surface area contributed by atoms with Crippen molar-refractivity contribution in [1.29, 1.82) is 0 Å². The number of carbonyl (C=O) groups is 1. The summed E-state index contributed by atoms with van der Waals surface area (Å²) in [5, 5.41) is 8.89. The fourth-order valence-corrected chi connectivity index (χ4v) is 2.28. The van der Waals surface area contributed by atoms with Crippen molar-refractivity contribution in [3.8, 4) is 6.01 Å². The standard InChI is InChI=1S/C12H13N3O3S/c1-7-5-9(11(16)17)15-12(14-7)18-4-3-10-8(2)13-6-19-10/h5-6H,3-4H2,1-2H3,(H,16,17). The summed E-state index contributed by atoms with van der Waals surface area (Å²) in [5.41, 5.74) is 3.29. The minimum Gasteiger partial charge on any atom is -0.477 e. The lowest BCUT2D eigenvalue weighted by molar-refractivity contribution is 0.0688. The minimum atomic E-state index is -1.09. The molecule has 0 unspecified atom stereocenters. The molecule has 0 aliphatic rings. The van der Waals surface area contributed by atoms with Gasteiger partial charge in [-0.1, -0.05) is 0 Å². The van der Waals surface area contributed by atoms with E-state index in [1.165, 1.54) is 6.07 Å². The maximum absolute atomic E-state index is 10.9. The van der Waals surface area contributed by atoms with Crippen molar-refractivity contribution >= 4 is 17.3 Å². The van der Waals surface area contributed by atoms with Crippen molar-refractivity contribution in [3.05, 3.63) is 33.5 Å². The molecular weight excluding hydrogens is 266 g/mol. The van der Waals surface area contributed by atoms with Gasteiger partial charge in [-0.3, -0.25) is 0 Å². The highest BCUT2D eigenvalue weighted by Crippen LogP contribution is 2.13. The number of aromatic nitrogens is 3. The molecule has 2 rings (SSSR count).